The molecular formula is C20H25NO4. The molecule has 5 nitrogen and oxygen atoms in total. The lowest BCUT2D eigenvalue weighted by atomic mass is 10.1. The van der Waals surface area contributed by atoms with Gasteiger partial charge in [0.15, 0.2) is 0 Å². The van der Waals surface area contributed by atoms with E-state index in [1.54, 1.807) is 7.11 Å². The highest BCUT2D eigenvalue weighted by Crippen LogP contribution is 2.22. The molecule has 5 heteroatoms. The summed E-state index contributed by atoms with van der Waals surface area (Å²) in [7, 11) is 1.63. The van der Waals surface area contributed by atoms with Crippen LogP contribution in [0.4, 0.5) is 0 Å². The average Bonchev–Trinajstić information content (AvgIpc) is 2.68. The first-order valence-corrected chi connectivity index (χ1v) is 8.58. The van der Waals surface area contributed by atoms with E-state index in [4.69, 9.17) is 14.2 Å². The molecule has 0 amide bonds. The third-order valence-corrected chi connectivity index (χ3v) is 4.29. The number of hydrogen-bond acceptors (Lipinski definition) is 5. The Morgan fingerprint density at radius 2 is 1.84 bits per heavy atom. The first kappa shape index (κ1) is 17.7. The van der Waals surface area contributed by atoms with Crippen molar-refractivity contribution in [3.05, 3.63) is 60.2 Å². The van der Waals surface area contributed by atoms with Crippen LogP contribution in [0.15, 0.2) is 54.6 Å². The lowest BCUT2D eigenvalue weighted by molar-refractivity contribution is -0.0459. The van der Waals surface area contributed by atoms with E-state index in [0.717, 1.165) is 24.6 Å². The molecule has 25 heavy (non-hydrogen) atoms. The summed E-state index contributed by atoms with van der Waals surface area (Å²) in [6.07, 6.45) is -0.485. The minimum absolute atomic E-state index is 0.0599. The van der Waals surface area contributed by atoms with Crippen LogP contribution in [-0.4, -0.2) is 56.1 Å². The number of rotatable bonds is 7. The van der Waals surface area contributed by atoms with E-state index in [9.17, 15) is 5.11 Å². The average molecular weight is 343 g/mol. The van der Waals surface area contributed by atoms with Crippen molar-refractivity contribution < 1.29 is 19.3 Å². The standard InChI is InChI=1S/C20H25NO4/c1-23-18-7-9-19(10-8-18)25-15-17(22)13-21-11-12-24-20(14-21)16-5-3-2-4-6-16/h2-10,17,20,22H,11-15H2,1H3/t17-,20-/m0/s1. The molecule has 0 radical (unpaired) electrons. The molecule has 1 aliphatic rings. The van der Waals surface area contributed by atoms with Gasteiger partial charge in [-0.3, -0.25) is 4.90 Å². The zero-order chi connectivity index (χ0) is 17.5. The van der Waals surface area contributed by atoms with Crippen LogP contribution in [0.2, 0.25) is 0 Å². The number of benzene rings is 2. The molecule has 1 saturated heterocycles. The van der Waals surface area contributed by atoms with E-state index < -0.39 is 6.10 Å². The van der Waals surface area contributed by atoms with Crippen LogP contribution in [-0.2, 0) is 4.74 Å². The zero-order valence-corrected chi connectivity index (χ0v) is 14.5. The van der Waals surface area contributed by atoms with Crippen LogP contribution in [0.25, 0.3) is 0 Å². The van der Waals surface area contributed by atoms with Crippen molar-refractivity contribution >= 4 is 0 Å². The van der Waals surface area contributed by atoms with Gasteiger partial charge in [0.1, 0.15) is 24.2 Å². The lowest BCUT2D eigenvalue weighted by Gasteiger charge is -2.34. The van der Waals surface area contributed by atoms with Gasteiger partial charge in [0, 0.05) is 19.6 Å². The Labute approximate surface area is 148 Å². The van der Waals surface area contributed by atoms with Gasteiger partial charge >= 0.3 is 0 Å². The van der Waals surface area contributed by atoms with Crippen molar-refractivity contribution in [1.29, 1.82) is 0 Å². The van der Waals surface area contributed by atoms with Crippen molar-refractivity contribution in [2.45, 2.75) is 12.2 Å². The normalized spacial score (nSPS) is 19.4. The summed E-state index contributed by atoms with van der Waals surface area (Å²) in [5.41, 5.74) is 1.18. The smallest absolute Gasteiger partial charge is 0.119 e. The first-order valence-electron chi connectivity index (χ1n) is 8.58. The van der Waals surface area contributed by atoms with E-state index in [2.05, 4.69) is 17.0 Å². The van der Waals surface area contributed by atoms with Gasteiger partial charge in [0.25, 0.3) is 0 Å². The Kier molecular flexibility index (Phi) is 6.28. The van der Waals surface area contributed by atoms with Gasteiger partial charge in [0.05, 0.1) is 19.8 Å². The third-order valence-electron chi connectivity index (χ3n) is 4.29. The molecule has 0 spiro atoms. The SMILES string of the molecule is COc1ccc(OC[C@@H](O)CN2CCO[C@H](c3ccccc3)C2)cc1. The maximum absolute atomic E-state index is 10.3. The second-order valence-electron chi connectivity index (χ2n) is 6.17. The quantitative estimate of drug-likeness (QED) is 0.837. The number of ether oxygens (including phenoxy) is 3. The minimum Gasteiger partial charge on any atom is -0.497 e. The van der Waals surface area contributed by atoms with E-state index in [1.165, 1.54) is 5.56 Å². The largest absolute Gasteiger partial charge is 0.497 e. The van der Waals surface area contributed by atoms with Crippen molar-refractivity contribution in [1.82, 2.24) is 4.90 Å². The summed E-state index contributed by atoms with van der Waals surface area (Å²) in [5, 5.41) is 10.3. The van der Waals surface area contributed by atoms with Crippen LogP contribution in [0, 0.1) is 0 Å². The number of aliphatic hydroxyl groups is 1. The fraction of sp³-hybridized carbons (Fsp3) is 0.400. The Morgan fingerprint density at radius 1 is 1.12 bits per heavy atom. The minimum atomic E-state index is -0.545. The molecule has 2 aromatic rings. The van der Waals surface area contributed by atoms with E-state index in [-0.39, 0.29) is 12.7 Å². The number of β-amino-alcohol motifs (C(OH)–C–C–N with tert-alkyl or cyclic N) is 1. The third kappa shape index (κ3) is 5.19. The van der Waals surface area contributed by atoms with Gasteiger partial charge in [-0.25, -0.2) is 0 Å². The van der Waals surface area contributed by atoms with Gasteiger partial charge in [-0.1, -0.05) is 30.3 Å². The van der Waals surface area contributed by atoms with E-state index in [1.807, 2.05) is 42.5 Å². The Balaban J connectivity index is 1.46. The summed E-state index contributed by atoms with van der Waals surface area (Å²) in [6.45, 7) is 3.11. The monoisotopic (exact) mass is 343 g/mol. The maximum atomic E-state index is 10.3. The zero-order valence-electron chi connectivity index (χ0n) is 14.5. The molecule has 0 saturated carbocycles. The van der Waals surface area contributed by atoms with Crippen LogP contribution < -0.4 is 9.47 Å². The van der Waals surface area contributed by atoms with Crippen LogP contribution >= 0.6 is 0 Å². The number of hydrogen-bond donors (Lipinski definition) is 1. The van der Waals surface area contributed by atoms with Gasteiger partial charge < -0.3 is 19.3 Å². The van der Waals surface area contributed by atoms with Crippen molar-refractivity contribution in [2.75, 3.05) is 40.0 Å². The number of aliphatic hydroxyl groups excluding tert-OH is 1. The van der Waals surface area contributed by atoms with Crippen molar-refractivity contribution in [2.24, 2.45) is 0 Å². The Morgan fingerprint density at radius 3 is 2.56 bits per heavy atom. The predicted molar refractivity (Wildman–Crippen MR) is 96.1 cm³/mol. The molecule has 0 bridgehead atoms. The molecule has 2 aromatic carbocycles. The summed E-state index contributed by atoms with van der Waals surface area (Å²) >= 11 is 0. The first-order chi connectivity index (χ1) is 12.2. The summed E-state index contributed by atoms with van der Waals surface area (Å²) < 4.78 is 16.6. The number of methoxy groups -OCH3 is 1. The van der Waals surface area contributed by atoms with Gasteiger partial charge in [-0.05, 0) is 29.8 Å². The summed E-state index contributed by atoms with van der Waals surface area (Å²) in [6, 6.07) is 17.6. The molecule has 1 heterocycles. The highest BCUT2D eigenvalue weighted by atomic mass is 16.5. The molecule has 1 aliphatic heterocycles. The number of nitrogens with zero attached hydrogens (tertiary/aromatic N) is 1. The molecule has 134 valence electrons. The fourth-order valence-electron chi connectivity index (χ4n) is 2.95. The molecule has 3 rings (SSSR count). The van der Waals surface area contributed by atoms with Gasteiger partial charge in [-0.15, -0.1) is 0 Å². The highest BCUT2D eigenvalue weighted by molar-refractivity contribution is 5.31. The van der Waals surface area contributed by atoms with Crippen LogP contribution in [0.3, 0.4) is 0 Å². The van der Waals surface area contributed by atoms with E-state index >= 15 is 0 Å². The second-order valence-corrected chi connectivity index (χ2v) is 6.17. The predicted octanol–water partition coefficient (Wildman–Crippen LogP) is 2.51. The molecule has 2 atom stereocenters. The Hall–Kier alpha value is -2.08. The molecule has 0 aliphatic carbocycles. The molecule has 0 unspecified atom stereocenters. The summed E-state index contributed by atoms with van der Waals surface area (Å²) in [4.78, 5) is 2.23. The highest BCUT2D eigenvalue weighted by Gasteiger charge is 2.23. The lowest BCUT2D eigenvalue weighted by Crippen LogP contribution is -2.43. The van der Waals surface area contributed by atoms with Crippen LogP contribution in [0.5, 0.6) is 11.5 Å². The van der Waals surface area contributed by atoms with Crippen molar-refractivity contribution in [3.63, 3.8) is 0 Å². The van der Waals surface area contributed by atoms with Gasteiger partial charge in [-0.2, -0.15) is 0 Å². The summed E-state index contributed by atoms with van der Waals surface area (Å²) in [5.74, 6) is 1.51. The van der Waals surface area contributed by atoms with Crippen molar-refractivity contribution in [3.8, 4) is 11.5 Å². The van der Waals surface area contributed by atoms with Crippen LogP contribution in [0.1, 0.15) is 11.7 Å². The molecule has 0 aromatic heterocycles. The molecule has 1 fully saturated rings. The Bertz CT molecular complexity index is 632. The topological polar surface area (TPSA) is 51.2 Å². The van der Waals surface area contributed by atoms with Gasteiger partial charge in [0.2, 0.25) is 0 Å². The molecule has 1 N–H and O–H groups in total. The second kappa shape index (κ2) is 8.85. The fourth-order valence-corrected chi connectivity index (χ4v) is 2.95. The molecular weight excluding hydrogens is 318 g/mol. The maximum Gasteiger partial charge on any atom is 0.119 e. The van der Waals surface area contributed by atoms with E-state index in [0.29, 0.717) is 13.2 Å². The number of morpholine rings is 1.